The molecule has 2 aromatic carbocycles. The van der Waals surface area contributed by atoms with E-state index in [1.165, 1.54) is 26.2 Å². The van der Waals surface area contributed by atoms with Gasteiger partial charge in [0.25, 0.3) is 0 Å². The average Bonchev–Trinajstić information content (AvgIpc) is 3.14. The molecule has 2 aliphatic rings. The second-order valence-electron chi connectivity index (χ2n) is 6.82. The highest BCUT2D eigenvalue weighted by molar-refractivity contribution is 6.30. The van der Waals surface area contributed by atoms with Crippen LogP contribution in [0.3, 0.4) is 0 Å². The van der Waals surface area contributed by atoms with Crippen LogP contribution in [0.5, 0.6) is 17.2 Å². The molecule has 2 aromatic rings. The molecule has 156 valence electrons. The molecule has 0 saturated carbocycles. The Kier molecular flexibility index (Phi) is 5.30. The van der Waals surface area contributed by atoms with E-state index in [0.29, 0.717) is 44.8 Å². The number of cyclic esters (lactones) is 1. The lowest BCUT2D eigenvalue weighted by molar-refractivity contribution is -0.136. The summed E-state index contributed by atoms with van der Waals surface area (Å²) in [5.74, 6) is 0.182. The molecule has 2 heterocycles. The zero-order valence-electron chi connectivity index (χ0n) is 16.7. The molecular weight excluding hydrogens is 410 g/mol. The monoisotopic (exact) mass is 429 g/mol. The summed E-state index contributed by atoms with van der Waals surface area (Å²) >= 11 is 5.98. The maximum atomic E-state index is 13.2. The number of rotatable bonds is 5. The maximum absolute atomic E-state index is 13.2. The van der Waals surface area contributed by atoms with Crippen LogP contribution in [-0.4, -0.2) is 39.8 Å². The summed E-state index contributed by atoms with van der Waals surface area (Å²) in [6.45, 7) is 0.0225. The molecule has 0 fully saturated rings. The number of esters is 1. The number of methoxy groups -OCH3 is 3. The number of carbonyl (C=O) groups is 2. The van der Waals surface area contributed by atoms with Gasteiger partial charge in [0.2, 0.25) is 11.7 Å². The highest BCUT2D eigenvalue weighted by atomic mass is 35.5. The molecule has 0 radical (unpaired) electrons. The Balaban J connectivity index is 1.86. The maximum Gasteiger partial charge on any atom is 0.336 e. The largest absolute Gasteiger partial charge is 0.493 e. The quantitative estimate of drug-likeness (QED) is 0.675. The standard InChI is InChI=1S/C22H20ClNO6/c1-27-17-9-8-14(20(28-2)21(17)29-3)15-10-18(25)24(13-6-4-12(23)5-7-13)16-11-30-22(26)19(15)16/h4-9,15H,10-11H2,1-3H3/t15-/m0/s1. The summed E-state index contributed by atoms with van der Waals surface area (Å²) in [4.78, 5) is 27.4. The second-order valence-corrected chi connectivity index (χ2v) is 7.26. The van der Waals surface area contributed by atoms with Gasteiger partial charge >= 0.3 is 5.97 Å². The van der Waals surface area contributed by atoms with E-state index in [0.717, 1.165) is 0 Å². The highest BCUT2D eigenvalue weighted by Gasteiger charge is 2.44. The topological polar surface area (TPSA) is 74.3 Å². The number of hydrogen-bond acceptors (Lipinski definition) is 6. The van der Waals surface area contributed by atoms with E-state index < -0.39 is 11.9 Å². The van der Waals surface area contributed by atoms with Crippen molar-refractivity contribution >= 4 is 29.2 Å². The first-order valence-corrected chi connectivity index (χ1v) is 9.65. The van der Waals surface area contributed by atoms with Crippen molar-refractivity contribution in [1.29, 1.82) is 0 Å². The first-order valence-electron chi connectivity index (χ1n) is 9.27. The third kappa shape index (κ3) is 3.15. The van der Waals surface area contributed by atoms with Crippen molar-refractivity contribution in [2.45, 2.75) is 12.3 Å². The van der Waals surface area contributed by atoms with E-state index in [-0.39, 0.29) is 18.9 Å². The molecule has 8 heteroatoms. The second kappa shape index (κ2) is 7.91. The molecule has 0 saturated heterocycles. The van der Waals surface area contributed by atoms with Gasteiger partial charge in [-0.15, -0.1) is 0 Å². The van der Waals surface area contributed by atoms with Gasteiger partial charge in [0.05, 0.1) is 32.6 Å². The molecule has 0 aromatic heterocycles. The number of benzene rings is 2. The summed E-state index contributed by atoms with van der Waals surface area (Å²) < 4.78 is 21.7. The van der Waals surface area contributed by atoms with Crippen molar-refractivity contribution < 1.29 is 28.5 Å². The van der Waals surface area contributed by atoms with Gasteiger partial charge in [-0.25, -0.2) is 4.79 Å². The Bertz CT molecular complexity index is 1050. The number of hydrogen-bond donors (Lipinski definition) is 0. The van der Waals surface area contributed by atoms with Gasteiger partial charge in [-0.3, -0.25) is 9.69 Å². The van der Waals surface area contributed by atoms with E-state index in [9.17, 15) is 9.59 Å². The fraction of sp³-hybridized carbons (Fsp3) is 0.273. The molecule has 30 heavy (non-hydrogen) atoms. The highest BCUT2D eigenvalue weighted by Crippen LogP contribution is 2.49. The van der Waals surface area contributed by atoms with Gasteiger partial charge < -0.3 is 18.9 Å². The number of nitrogens with zero attached hydrogens (tertiary/aromatic N) is 1. The number of carbonyl (C=O) groups excluding carboxylic acids is 2. The van der Waals surface area contributed by atoms with Crippen LogP contribution in [0.2, 0.25) is 5.02 Å². The molecule has 0 aliphatic carbocycles. The summed E-state index contributed by atoms with van der Waals surface area (Å²) in [6.07, 6.45) is 0.0718. The Morgan fingerprint density at radius 1 is 0.967 bits per heavy atom. The van der Waals surface area contributed by atoms with Gasteiger partial charge in [-0.2, -0.15) is 0 Å². The zero-order valence-corrected chi connectivity index (χ0v) is 17.5. The Morgan fingerprint density at radius 3 is 2.30 bits per heavy atom. The number of amides is 1. The fourth-order valence-corrected chi connectivity index (χ4v) is 4.13. The third-order valence-corrected chi connectivity index (χ3v) is 5.56. The van der Waals surface area contributed by atoms with Crippen molar-refractivity contribution in [3.05, 3.63) is 58.3 Å². The van der Waals surface area contributed by atoms with Crippen LogP contribution in [0.1, 0.15) is 17.9 Å². The molecule has 0 unspecified atom stereocenters. The summed E-state index contributed by atoms with van der Waals surface area (Å²) in [5, 5.41) is 0.559. The lowest BCUT2D eigenvalue weighted by Crippen LogP contribution is -2.37. The number of halogens is 1. The molecule has 7 nitrogen and oxygen atoms in total. The van der Waals surface area contributed by atoms with Gasteiger partial charge in [-0.05, 0) is 30.3 Å². The van der Waals surface area contributed by atoms with Crippen LogP contribution in [-0.2, 0) is 14.3 Å². The minimum Gasteiger partial charge on any atom is -0.493 e. The van der Waals surface area contributed by atoms with Crippen LogP contribution in [0.15, 0.2) is 47.7 Å². The summed E-state index contributed by atoms with van der Waals surface area (Å²) in [5.41, 5.74) is 2.26. The van der Waals surface area contributed by atoms with Crippen molar-refractivity contribution in [3.63, 3.8) is 0 Å². The molecule has 0 spiro atoms. The number of ether oxygens (including phenoxy) is 4. The normalized spacial score (nSPS) is 18.3. The van der Waals surface area contributed by atoms with Crippen molar-refractivity contribution in [2.75, 3.05) is 32.8 Å². The number of anilines is 1. The summed E-state index contributed by atoms with van der Waals surface area (Å²) in [7, 11) is 4.54. The zero-order chi connectivity index (χ0) is 21.4. The van der Waals surface area contributed by atoms with Crippen LogP contribution in [0, 0.1) is 0 Å². The third-order valence-electron chi connectivity index (χ3n) is 5.31. The summed E-state index contributed by atoms with van der Waals surface area (Å²) in [6, 6.07) is 10.4. The van der Waals surface area contributed by atoms with E-state index >= 15 is 0 Å². The molecule has 0 N–H and O–H groups in total. The van der Waals surface area contributed by atoms with Gasteiger partial charge in [-0.1, -0.05) is 17.7 Å². The lowest BCUT2D eigenvalue weighted by atomic mass is 9.83. The SMILES string of the molecule is COc1ccc([C@@H]2CC(=O)N(c3ccc(Cl)cc3)C3=C2C(=O)OC3)c(OC)c1OC. The smallest absolute Gasteiger partial charge is 0.336 e. The average molecular weight is 430 g/mol. The molecule has 1 amide bonds. The molecule has 2 aliphatic heterocycles. The Labute approximate surface area is 178 Å². The van der Waals surface area contributed by atoms with Crippen molar-refractivity contribution in [1.82, 2.24) is 0 Å². The van der Waals surface area contributed by atoms with Crippen molar-refractivity contribution in [2.24, 2.45) is 0 Å². The van der Waals surface area contributed by atoms with Crippen LogP contribution >= 0.6 is 11.6 Å². The van der Waals surface area contributed by atoms with Gasteiger partial charge in [0.1, 0.15) is 6.61 Å². The van der Waals surface area contributed by atoms with Gasteiger partial charge in [0.15, 0.2) is 11.5 Å². The molecule has 0 bridgehead atoms. The van der Waals surface area contributed by atoms with E-state index in [1.54, 1.807) is 36.4 Å². The predicted molar refractivity (Wildman–Crippen MR) is 110 cm³/mol. The Hall–Kier alpha value is -3.19. The first kappa shape index (κ1) is 20.1. The van der Waals surface area contributed by atoms with E-state index in [1.807, 2.05) is 0 Å². The van der Waals surface area contributed by atoms with E-state index in [4.69, 9.17) is 30.5 Å². The molecular formula is C22H20ClNO6. The van der Waals surface area contributed by atoms with Crippen molar-refractivity contribution in [3.8, 4) is 17.2 Å². The van der Waals surface area contributed by atoms with E-state index in [2.05, 4.69) is 0 Å². The molecule has 1 atom stereocenters. The van der Waals surface area contributed by atoms with Crippen LogP contribution in [0.25, 0.3) is 0 Å². The van der Waals surface area contributed by atoms with Crippen LogP contribution < -0.4 is 19.1 Å². The Morgan fingerprint density at radius 2 is 1.67 bits per heavy atom. The molecule has 4 rings (SSSR count). The van der Waals surface area contributed by atoms with Gasteiger partial charge in [0, 0.05) is 28.6 Å². The minimum absolute atomic E-state index is 0.0225. The van der Waals surface area contributed by atoms with Crippen LogP contribution in [0.4, 0.5) is 5.69 Å². The minimum atomic E-state index is -0.527. The first-order chi connectivity index (χ1) is 14.5. The lowest BCUT2D eigenvalue weighted by Gasteiger charge is -2.32. The predicted octanol–water partition coefficient (Wildman–Crippen LogP) is 3.70. The fourth-order valence-electron chi connectivity index (χ4n) is 4.01.